The highest BCUT2D eigenvalue weighted by atomic mass is 35.5. The van der Waals surface area contributed by atoms with E-state index < -0.39 is 17.6 Å². The van der Waals surface area contributed by atoms with Gasteiger partial charge in [0.25, 0.3) is 0 Å². The highest BCUT2D eigenvalue weighted by molar-refractivity contribution is 6.33. The van der Waals surface area contributed by atoms with Gasteiger partial charge < -0.3 is 10.4 Å². The van der Waals surface area contributed by atoms with Crippen molar-refractivity contribution in [3.05, 3.63) is 45.6 Å². The van der Waals surface area contributed by atoms with Crippen LogP contribution in [0.5, 0.6) is 0 Å². The molecule has 0 aliphatic heterocycles. The number of halogens is 1. The van der Waals surface area contributed by atoms with Gasteiger partial charge in [0.05, 0.1) is 16.3 Å². The van der Waals surface area contributed by atoms with Crippen molar-refractivity contribution in [2.75, 3.05) is 5.32 Å². The van der Waals surface area contributed by atoms with Crippen LogP contribution in [0.4, 0.5) is 5.69 Å². The molecular weight excluding hydrogens is 300 g/mol. The summed E-state index contributed by atoms with van der Waals surface area (Å²) in [6.07, 6.45) is 1.29. The van der Waals surface area contributed by atoms with Crippen molar-refractivity contribution in [3.63, 3.8) is 0 Å². The van der Waals surface area contributed by atoms with Gasteiger partial charge in [-0.15, -0.1) is 0 Å². The number of hydrogen-bond acceptors (Lipinski definition) is 4. The largest absolute Gasteiger partial charge is 0.478 e. The number of benzene rings is 1. The molecule has 0 fully saturated rings. The van der Waals surface area contributed by atoms with E-state index in [0.29, 0.717) is 0 Å². The lowest BCUT2D eigenvalue weighted by Crippen LogP contribution is -2.29. The molecule has 1 amide bonds. The molecule has 0 bridgehead atoms. The lowest BCUT2D eigenvalue weighted by Gasteiger charge is -2.07. The average Bonchev–Trinajstić information content (AvgIpc) is 2.73. The number of carbonyl (C=O) groups is 2. The predicted molar refractivity (Wildman–Crippen MR) is 74.5 cm³/mol. The van der Waals surface area contributed by atoms with Gasteiger partial charge in [0.2, 0.25) is 5.91 Å². The molecule has 1 aromatic carbocycles. The molecule has 110 valence electrons. The van der Waals surface area contributed by atoms with Crippen molar-refractivity contribution >= 4 is 29.2 Å². The first-order chi connectivity index (χ1) is 9.88. The molecule has 1 aromatic heterocycles. The maximum Gasteiger partial charge on any atom is 0.345 e. The summed E-state index contributed by atoms with van der Waals surface area (Å²) >= 11 is 5.89. The molecule has 9 heteroatoms. The van der Waals surface area contributed by atoms with Gasteiger partial charge in [-0.1, -0.05) is 11.6 Å². The minimum absolute atomic E-state index is 0.00953. The fourth-order valence-corrected chi connectivity index (χ4v) is 1.77. The number of carbonyl (C=O) groups excluding carboxylic acids is 1. The van der Waals surface area contributed by atoms with E-state index in [4.69, 9.17) is 16.7 Å². The molecule has 0 spiro atoms. The predicted octanol–water partition coefficient (Wildman–Crippen LogP) is 0.572. The van der Waals surface area contributed by atoms with E-state index in [9.17, 15) is 14.4 Å². The van der Waals surface area contributed by atoms with Crippen LogP contribution in [0.2, 0.25) is 5.02 Å². The maximum absolute atomic E-state index is 11.9. The third-order valence-electron chi connectivity index (χ3n) is 2.67. The summed E-state index contributed by atoms with van der Waals surface area (Å²) in [5, 5.41) is 15.3. The van der Waals surface area contributed by atoms with Crippen LogP contribution >= 0.6 is 11.6 Å². The van der Waals surface area contributed by atoms with Crippen LogP contribution in [0.3, 0.4) is 0 Å². The van der Waals surface area contributed by atoms with E-state index in [1.54, 1.807) is 0 Å². The Bertz CT molecular complexity index is 765. The summed E-state index contributed by atoms with van der Waals surface area (Å²) < 4.78 is 2.20. The molecule has 0 unspecified atom stereocenters. The van der Waals surface area contributed by atoms with Gasteiger partial charge >= 0.3 is 11.7 Å². The van der Waals surface area contributed by atoms with E-state index in [0.717, 1.165) is 4.68 Å². The summed E-state index contributed by atoms with van der Waals surface area (Å²) in [7, 11) is 1.51. The molecule has 1 heterocycles. The summed E-state index contributed by atoms with van der Waals surface area (Å²) in [4.78, 5) is 34.3. The van der Waals surface area contributed by atoms with Crippen molar-refractivity contribution in [1.82, 2.24) is 14.3 Å². The third-order valence-corrected chi connectivity index (χ3v) is 3.00. The Balaban J connectivity index is 2.16. The van der Waals surface area contributed by atoms with Crippen molar-refractivity contribution in [2.45, 2.75) is 6.54 Å². The van der Waals surface area contributed by atoms with E-state index in [1.165, 1.54) is 36.1 Å². The lowest BCUT2D eigenvalue weighted by atomic mass is 10.2. The zero-order valence-corrected chi connectivity index (χ0v) is 11.7. The molecule has 8 nitrogen and oxygen atoms in total. The van der Waals surface area contributed by atoms with Crippen molar-refractivity contribution < 1.29 is 14.7 Å². The molecule has 2 aromatic rings. The maximum atomic E-state index is 11.9. The topological polar surface area (TPSA) is 106 Å². The molecule has 0 aliphatic carbocycles. The van der Waals surface area contributed by atoms with Gasteiger partial charge in [-0.25, -0.2) is 14.3 Å². The first-order valence-corrected chi connectivity index (χ1v) is 6.17. The normalized spacial score (nSPS) is 10.4. The van der Waals surface area contributed by atoms with E-state index in [-0.39, 0.29) is 22.8 Å². The van der Waals surface area contributed by atoms with Crippen LogP contribution in [0, 0.1) is 0 Å². The number of nitrogens with one attached hydrogen (secondary N) is 1. The van der Waals surface area contributed by atoms with Crippen LogP contribution in [0.1, 0.15) is 10.4 Å². The number of hydrogen-bond donors (Lipinski definition) is 2. The number of aryl methyl sites for hydroxylation is 1. The SMILES string of the molecule is Cn1cnn(CC(=O)Nc2cc(C(=O)O)ccc2Cl)c1=O. The summed E-state index contributed by atoms with van der Waals surface area (Å²) in [6.45, 7) is -0.298. The molecule has 0 saturated carbocycles. The van der Waals surface area contributed by atoms with Crippen LogP contribution in [-0.2, 0) is 18.4 Å². The molecule has 0 aliphatic rings. The molecule has 0 atom stereocenters. The van der Waals surface area contributed by atoms with E-state index in [2.05, 4.69) is 10.4 Å². The number of aromatic carboxylic acids is 1. The van der Waals surface area contributed by atoms with Crippen LogP contribution < -0.4 is 11.0 Å². The monoisotopic (exact) mass is 310 g/mol. The van der Waals surface area contributed by atoms with Gasteiger partial charge in [-0.2, -0.15) is 5.10 Å². The third kappa shape index (κ3) is 3.29. The number of aromatic nitrogens is 3. The Morgan fingerprint density at radius 2 is 2.14 bits per heavy atom. The Hall–Kier alpha value is -2.61. The zero-order valence-electron chi connectivity index (χ0n) is 10.9. The van der Waals surface area contributed by atoms with Gasteiger partial charge in [0.15, 0.2) is 0 Å². The number of anilines is 1. The number of rotatable bonds is 4. The second-order valence-corrected chi connectivity index (χ2v) is 4.64. The molecule has 2 rings (SSSR count). The molecule has 0 radical (unpaired) electrons. The van der Waals surface area contributed by atoms with Gasteiger partial charge in [0, 0.05) is 7.05 Å². The second-order valence-electron chi connectivity index (χ2n) is 4.23. The molecular formula is C12H11ClN4O4. The Labute approximate surface area is 123 Å². The second kappa shape index (κ2) is 5.80. The molecule has 2 N–H and O–H groups in total. The molecule has 0 saturated heterocycles. The smallest absolute Gasteiger partial charge is 0.345 e. The van der Waals surface area contributed by atoms with Crippen molar-refractivity contribution in [2.24, 2.45) is 7.05 Å². The average molecular weight is 311 g/mol. The zero-order chi connectivity index (χ0) is 15.6. The Kier molecular flexibility index (Phi) is 4.08. The van der Waals surface area contributed by atoms with Crippen LogP contribution in [-0.4, -0.2) is 31.3 Å². The lowest BCUT2D eigenvalue weighted by molar-refractivity contribution is -0.117. The fraction of sp³-hybridized carbons (Fsp3) is 0.167. The van der Waals surface area contributed by atoms with Crippen LogP contribution in [0.25, 0.3) is 0 Å². The van der Waals surface area contributed by atoms with E-state index in [1.807, 2.05) is 0 Å². The van der Waals surface area contributed by atoms with E-state index >= 15 is 0 Å². The standard InChI is InChI=1S/C12H11ClN4O4/c1-16-6-14-17(12(16)21)5-10(18)15-9-4-7(11(19)20)2-3-8(9)13/h2-4,6H,5H2,1H3,(H,15,18)(H,19,20). The highest BCUT2D eigenvalue weighted by Crippen LogP contribution is 2.23. The number of amides is 1. The summed E-state index contributed by atoms with van der Waals surface area (Å²) in [5.41, 5.74) is -0.286. The summed E-state index contributed by atoms with van der Waals surface area (Å²) in [6, 6.07) is 3.93. The fourth-order valence-electron chi connectivity index (χ4n) is 1.61. The van der Waals surface area contributed by atoms with Crippen LogP contribution in [0.15, 0.2) is 29.3 Å². The quantitative estimate of drug-likeness (QED) is 0.858. The Morgan fingerprint density at radius 3 is 2.71 bits per heavy atom. The number of carboxylic acid groups (broad SMARTS) is 1. The van der Waals surface area contributed by atoms with Gasteiger partial charge in [0.1, 0.15) is 12.9 Å². The minimum Gasteiger partial charge on any atom is -0.478 e. The first kappa shape index (κ1) is 14.8. The van der Waals surface area contributed by atoms with Gasteiger partial charge in [-0.05, 0) is 18.2 Å². The highest BCUT2D eigenvalue weighted by Gasteiger charge is 2.12. The Morgan fingerprint density at radius 1 is 1.43 bits per heavy atom. The number of carboxylic acids is 1. The van der Waals surface area contributed by atoms with Crippen molar-refractivity contribution in [1.29, 1.82) is 0 Å². The van der Waals surface area contributed by atoms with Crippen molar-refractivity contribution in [3.8, 4) is 0 Å². The van der Waals surface area contributed by atoms with Gasteiger partial charge in [-0.3, -0.25) is 9.36 Å². The molecule has 21 heavy (non-hydrogen) atoms. The number of nitrogens with zero attached hydrogens (tertiary/aromatic N) is 3. The summed E-state index contributed by atoms with van der Waals surface area (Å²) in [5.74, 6) is -1.68. The first-order valence-electron chi connectivity index (χ1n) is 5.79. The minimum atomic E-state index is -1.14.